The molecule has 0 radical (unpaired) electrons. The van der Waals surface area contributed by atoms with Gasteiger partial charge in [0.05, 0.1) is 11.6 Å². The molecule has 1 aromatic carbocycles. The lowest BCUT2D eigenvalue weighted by Gasteiger charge is -2.15. The van der Waals surface area contributed by atoms with Gasteiger partial charge in [0, 0.05) is 6.04 Å². The van der Waals surface area contributed by atoms with Gasteiger partial charge in [0.1, 0.15) is 5.75 Å². The maximum absolute atomic E-state index is 6.26. The Labute approximate surface area is 115 Å². The predicted octanol–water partition coefficient (Wildman–Crippen LogP) is 4.19. The van der Waals surface area contributed by atoms with Crippen LogP contribution in [0.4, 0.5) is 0 Å². The van der Waals surface area contributed by atoms with E-state index in [1.54, 1.807) is 0 Å². The molecule has 1 N–H and O–H groups in total. The number of nitrogens with one attached hydrogen (secondary N) is 1. The summed E-state index contributed by atoms with van der Waals surface area (Å²) in [4.78, 5) is 0. The van der Waals surface area contributed by atoms with Gasteiger partial charge in [-0.1, -0.05) is 24.6 Å². The smallest absolute Gasteiger partial charge is 0.137 e. The minimum absolute atomic E-state index is 0.333. The van der Waals surface area contributed by atoms with Crippen LogP contribution >= 0.6 is 11.6 Å². The van der Waals surface area contributed by atoms with E-state index in [1.165, 1.54) is 18.4 Å². The fraction of sp³-hybridized carbons (Fsp3) is 0.600. The molecule has 1 atom stereocenters. The summed E-state index contributed by atoms with van der Waals surface area (Å²) in [6.45, 7) is 6.16. The molecule has 3 heteroatoms. The molecular weight excluding hydrogens is 246 g/mol. The molecule has 2 nitrogen and oxygen atoms in total. The van der Waals surface area contributed by atoms with E-state index < -0.39 is 0 Å². The second kappa shape index (κ2) is 6.44. The molecule has 0 aromatic heterocycles. The van der Waals surface area contributed by atoms with Crippen molar-refractivity contribution in [2.45, 2.75) is 39.2 Å². The summed E-state index contributed by atoms with van der Waals surface area (Å²) in [6, 6.07) is 6.43. The van der Waals surface area contributed by atoms with Crippen LogP contribution in [-0.2, 0) is 0 Å². The van der Waals surface area contributed by atoms with Gasteiger partial charge in [0.25, 0.3) is 0 Å². The van der Waals surface area contributed by atoms with Gasteiger partial charge in [-0.15, -0.1) is 0 Å². The van der Waals surface area contributed by atoms with Crippen LogP contribution < -0.4 is 10.1 Å². The molecule has 100 valence electrons. The summed E-state index contributed by atoms with van der Waals surface area (Å²) in [7, 11) is 0. The van der Waals surface area contributed by atoms with Crippen molar-refractivity contribution in [3.05, 3.63) is 28.8 Å². The average molecular weight is 268 g/mol. The Bertz CT molecular complexity index is 390. The standard InChI is InChI=1S/C15H22ClNO/c1-3-8-17-11(2)13-6-7-15(14(16)9-13)18-10-12-4-5-12/h6-7,9,11-12,17H,3-5,8,10H2,1-2H3. The normalized spacial score (nSPS) is 16.6. The van der Waals surface area contributed by atoms with Crippen LogP contribution in [0.1, 0.15) is 44.7 Å². The SMILES string of the molecule is CCCNC(C)c1ccc(OCC2CC2)c(Cl)c1. The van der Waals surface area contributed by atoms with Crippen molar-refractivity contribution in [1.82, 2.24) is 5.32 Å². The van der Waals surface area contributed by atoms with Crippen molar-refractivity contribution in [2.75, 3.05) is 13.2 Å². The number of rotatable bonds is 7. The highest BCUT2D eigenvalue weighted by Gasteiger charge is 2.22. The lowest BCUT2D eigenvalue weighted by atomic mass is 10.1. The molecule has 0 aliphatic heterocycles. The summed E-state index contributed by atoms with van der Waals surface area (Å²) in [5.41, 5.74) is 1.22. The second-order valence-electron chi connectivity index (χ2n) is 5.12. The van der Waals surface area contributed by atoms with E-state index in [2.05, 4.69) is 25.2 Å². The zero-order valence-electron chi connectivity index (χ0n) is 11.2. The molecule has 18 heavy (non-hydrogen) atoms. The lowest BCUT2D eigenvalue weighted by Crippen LogP contribution is -2.19. The van der Waals surface area contributed by atoms with Crippen molar-refractivity contribution < 1.29 is 4.74 Å². The van der Waals surface area contributed by atoms with E-state index in [4.69, 9.17) is 16.3 Å². The summed E-state index contributed by atoms with van der Waals surface area (Å²) in [5, 5.41) is 4.18. The predicted molar refractivity (Wildman–Crippen MR) is 76.4 cm³/mol. The molecule has 1 aromatic rings. The Balaban J connectivity index is 1.94. The molecule has 1 aliphatic rings. The minimum Gasteiger partial charge on any atom is -0.492 e. The maximum Gasteiger partial charge on any atom is 0.137 e. The highest BCUT2D eigenvalue weighted by Crippen LogP contribution is 2.32. The van der Waals surface area contributed by atoms with Crippen LogP contribution in [0, 0.1) is 5.92 Å². The second-order valence-corrected chi connectivity index (χ2v) is 5.53. The van der Waals surface area contributed by atoms with Crippen LogP contribution in [0.3, 0.4) is 0 Å². The molecule has 0 spiro atoms. The van der Waals surface area contributed by atoms with E-state index in [0.29, 0.717) is 6.04 Å². The number of hydrogen-bond acceptors (Lipinski definition) is 2. The van der Waals surface area contributed by atoms with Crippen LogP contribution in [-0.4, -0.2) is 13.2 Å². The molecule has 1 aliphatic carbocycles. The van der Waals surface area contributed by atoms with Crippen LogP contribution in [0.2, 0.25) is 5.02 Å². The van der Waals surface area contributed by atoms with E-state index in [0.717, 1.165) is 36.3 Å². The zero-order chi connectivity index (χ0) is 13.0. The number of hydrogen-bond donors (Lipinski definition) is 1. The van der Waals surface area contributed by atoms with E-state index in [9.17, 15) is 0 Å². The average Bonchev–Trinajstić information content (AvgIpc) is 3.18. The van der Waals surface area contributed by atoms with Gasteiger partial charge in [-0.25, -0.2) is 0 Å². The Morgan fingerprint density at radius 3 is 2.83 bits per heavy atom. The third-order valence-corrected chi connectivity index (χ3v) is 3.62. The highest BCUT2D eigenvalue weighted by atomic mass is 35.5. The van der Waals surface area contributed by atoms with E-state index >= 15 is 0 Å². The topological polar surface area (TPSA) is 21.3 Å². The molecule has 0 saturated heterocycles. The third kappa shape index (κ3) is 3.89. The van der Waals surface area contributed by atoms with Crippen molar-refractivity contribution >= 4 is 11.6 Å². The first-order valence-electron chi connectivity index (χ1n) is 6.86. The first-order chi connectivity index (χ1) is 8.70. The van der Waals surface area contributed by atoms with Crippen LogP contribution in [0.25, 0.3) is 0 Å². The summed E-state index contributed by atoms with van der Waals surface area (Å²) in [6.07, 6.45) is 3.74. The Morgan fingerprint density at radius 1 is 1.44 bits per heavy atom. The minimum atomic E-state index is 0.333. The highest BCUT2D eigenvalue weighted by molar-refractivity contribution is 6.32. The Hall–Kier alpha value is -0.730. The van der Waals surface area contributed by atoms with Gasteiger partial charge in [0.2, 0.25) is 0 Å². The van der Waals surface area contributed by atoms with Gasteiger partial charge in [-0.3, -0.25) is 0 Å². The molecule has 0 heterocycles. The Morgan fingerprint density at radius 2 is 2.22 bits per heavy atom. The van der Waals surface area contributed by atoms with Gasteiger partial charge < -0.3 is 10.1 Å². The first-order valence-corrected chi connectivity index (χ1v) is 7.24. The van der Waals surface area contributed by atoms with Gasteiger partial charge in [0.15, 0.2) is 0 Å². The Kier molecular flexibility index (Phi) is 4.90. The molecule has 1 unspecified atom stereocenters. The number of benzene rings is 1. The first kappa shape index (κ1) is 13.7. The van der Waals surface area contributed by atoms with Crippen molar-refractivity contribution in [2.24, 2.45) is 5.92 Å². The van der Waals surface area contributed by atoms with Crippen LogP contribution in [0.5, 0.6) is 5.75 Å². The molecule has 0 amide bonds. The quantitative estimate of drug-likeness (QED) is 0.800. The molecule has 0 bridgehead atoms. The van der Waals surface area contributed by atoms with Crippen molar-refractivity contribution in [1.29, 1.82) is 0 Å². The third-order valence-electron chi connectivity index (χ3n) is 3.33. The summed E-state index contributed by atoms with van der Waals surface area (Å²) < 4.78 is 5.72. The zero-order valence-corrected chi connectivity index (χ0v) is 12.0. The number of halogens is 1. The van der Waals surface area contributed by atoms with Crippen molar-refractivity contribution in [3.63, 3.8) is 0 Å². The fourth-order valence-corrected chi connectivity index (χ4v) is 2.12. The molecular formula is C15H22ClNO. The molecule has 1 saturated carbocycles. The summed E-state index contributed by atoms with van der Waals surface area (Å²) >= 11 is 6.26. The largest absolute Gasteiger partial charge is 0.492 e. The van der Waals surface area contributed by atoms with Crippen molar-refractivity contribution in [3.8, 4) is 5.75 Å². The van der Waals surface area contributed by atoms with Gasteiger partial charge in [-0.2, -0.15) is 0 Å². The van der Waals surface area contributed by atoms with Gasteiger partial charge >= 0.3 is 0 Å². The summed E-state index contributed by atoms with van der Waals surface area (Å²) in [5.74, 6) is 1.57. The lowest BCUT2D eigenvalue weighted by molar-refractivity contribution is 0.300. The molecule has 2 rings (SSSR count). The van der Waals surface area contributed by atoms with E-state index in [-0.39, 0.29) is 0 Å². The number of ether oxygens (including phenoxy) is 1. The maximum atomic E-state index is 6.26. The molecule has 1 fully saturated rings. The van der Waals surface area contributed by atoms with E-state index in [1.807, 2.05) is 12.1 Å². The van der Waals surface area contributed by atoms with Gasteiger partial charge in [-0.05, 0) is 56.3 Å². The van der Waals surface area contributed by atoms with Crippen LogP contribution in [0.15, 0.2) is 18.2 Å². The fourth-order valence-electron chi connectivity index (χ4n) is 1.87. The monoisotopic (exact) mass is 267 g/mol.